The quantitative estimate of drug-likeness (QED) is 0.941. The predicted molar refractivity (Wildman–Crippen MR) is 65.7 cm³/mol. The number of hydrogen-bond acceptors (Lipinski definition) is 3. The summed E-state index contributed by atoms with van der Waals surface area (Å²) in [6.45, 7) is 0. The van der Waals surface area contributed by atoms with Gasteiger partial charge in [0.15, 0.2) is 5.69 Å². The van der Waals surface area contributed by atoms with E-state index in [-0.39, 0.29) is 6.42 Å². The standard InChI is InChI=1S/C13H11F3N2O2/c1-20-9-4-2-3-8(5-9)6-10-11(13(14,15)16)17-7-18-12(10)19/h2-5,7H,6H2,1H3,(H,17,18,19). The van der Waals surface area contributed by atoms with Crippen LogP contribution in [0.15, 0.2) is 35.4 Å². The van der Waals surface area contributed by atoms with Crippen LogP contribution in [0.3, 0.4) is 0 Å². The van der Waals surface area contributed by atoms with E-state index in [1.54, 1.807) is 24.3 Å². The molecule has 0 saturated carbocycles. The first-order valence-electron chi connectivity index (χ1n) is 5.68. The van der Waals surface area contributed by atoms with Crippen molar-refractivity contribution in [2.45, 2.75) is 12.6 Å². The molecule has 2 rings (SSSR count). The zero-order valence-corrected chi connectivity index (χ0v) is 10.5. The Balaban J connectivity index is 2.45. The molecule has 0 radical (unpaired) electrons. The van der Waals surface area contributed by atoms with Crippen molar-refractivity contribution < 1.29 is 17.9 Å². The van der Waals surface area contributed by atoms with Crippen molar-refractivity contribution in [3.63, 3.8) is 0 Å². The average molecular weight is 284 g/mol. The van der Waals surface area contributed by atoms with Gasteiger partial charge in [-0.1, -0.05) is 12.1 Å². The van der Waals surface area contributed by atoms with E-state index < -0.39 is 23.0 Å². The molecule has 20 heavy (non-hydrogen) atoms. The summed E-state index contributed by atoms with van der Waals surface area (Å²) in [4.78, 5) is 17.0. The van der Waals surface area contributed by atoms with Crippen molar-refractivity contribution >= 4 is 0 Å². The Hall–Kier alpha value is -2.31. The molecule has 0 aliphatic heterocycles. The van der Waals surface area contributed by atoms with Crippen molar-refractivity contribution in [3.05, 3.63) is 57.8 Å². The van der Waals surface area contributed by atoms with Gasteiger partial charge in [-0.15, -0.1) is 0 Å². The molecule has 1 N–H and O–H groups in total. The van der Waals surface area contributed by atoms with E-state index >= 15 is 0 Å². The smallest absolute Gasteiger partial charge is 0.433 e. The monoisotopic (exact) mass is 284 g/mol. The first kappa shape index (κ1) is 14.1. The fraction of sp³-hybridized carbons (Fsp3) is 0.231. The maximum Gasteiger partial charge on any atom is 0.433 e. The van der Waals surface area contributed by atoms with Gasteiger partial charge >= 0.3 is 6.18 Å². The van der Waals surface area contributed by atoms with Gasteiger partial charge < -0.3 is 9.72 Å². The van der Waals surface area contributed by atoms with Crippen molar-refractivity contribution in [1.82, 2.24) is 9.97 Å². The highest BCUT2D eigenvalue weighted by Gasteiger charge is 2.36. The van der Waals surface area contributed by atoms with Crippen molar-refractivity contribution in [1.29, 1.82) is 0 Å². The Kier molecular flexibility index (Phi) is 3.78. The summed E-state index contributed by atoms with van der Waals surface area (Å²) in [6, 6.07) is 6.51. The van der Waals surface area contributed by atoms with Crippen LogP contribution in [0, 0.1) is 0 Å². The van der Waals surface area contributed by atoms with Crippen LogP contribution >= 0.6 is 0 Å². The summed E-state index contributed by atoms with van der Waals surface area (Å²) >= 11 is 0. The van der Waals surface area contributed by atoms with Crippen molar-refractivity contribution in [2.75, 3.05) is 7.11 Å². The molecule has 106 valence electrons. The number of nitrogens with zero attached hydrogens (tertiary/aromatic N) is 1. The summed E-state index contributed by atoms with van der Waals surface area (Å²) < 4.78 is 43.5. The van der Waals surface area contributed by atoms with Gasteiger partial charge in [-0.05, 0) is 17.7 Å². The van der Waals surface area contributed by atoms with E-state index in [4.69, 9.17) is 4.74 Å². The van der Waals surface area contributed by atoms with E-state index in [1.165, 1.54) is 7.11 Å². The molecule has 0 atom stereocenters. The minimum atomic E-state index is -4.66. The molecule has 0 aliphatic carbocycles. The normalized spacial score (nSPS) is 11.4. The van der Waals surface area contributed by atoms with Crippen molar-refractivity contribution in [2.24, 2.45) is 0 Å². The Morgan fingerprint density at radius 2 is 2.10 bits per heavy atom. The maximum atomic E-state index is 12.8. The molecule has 0 bridgehead atoms. The Labute approximate surface area is 112 Å². The number of rotatable bonds is 3. The van der Waals surface area contributed by atoms with Gasteiger partial charge in [-0.25, -0.2) is 4.98 Å². The van der Waals surface area contributed by atoms with Gasteiger partial charge in [0, 0.05) is 6.42 Å². The maximum absolute atomic E-state index is 12.8. The molecular weight excluding hydrogens is 273 g/mol. The van der Waals surface area contributed by atoms with Crippen LogP contribution in [-0.2, 0) is 12.6 Å². The largest absolute Gasteiger partial charge is 0.497 e. The lowest BCUT2D eigenvalue weighted by Crippen LogP contribution is -2.22. The molecule has 0 saturated heterocycles. The Morgan fingerprint density at radius 3 is 2.75 bits per heavy atom. The molecule has 1 heterocycles. The second-order valence-electron chi connectivity index (χ2n) is 4.08. The third-order valence-corrected chi connectivity index (χ3v) is 2.73. The number of ether oxygens (including phenoxy) is 1. The van der Waals surface area contributed by atoms with E-state index in [0.29, 0.717) is 11.3 Å². The first-order valence-corrected chi connectivity index (χ1v) is 5.68. The highest BCUT2D eigenvalue weighted by Crippen LogP contribution is 2.29. The third kappa shape index (κ3) is 2.98. The number of nitrogens with one attached hydrogen (secondary N) is 1. The van der Waals surface area contributed by atoms with Crippen molar-refractivity contribution in [3.8, 4) is 5.75 Å². The van der Waals surface area contributed by atoms with Crippen LogP contribution in [0.4, 0.5) is 13.2 Å². The zero-order valence-electron chi connectivity index (χ0n) is 10.5. The minimum Gasteiger partial charge on any atom is -0.497 e. The molecule has 0 spiro atoms. The Bertz CT molecular complexity index is 665. The van der Waals surface area contributed by atoms with E-state index in [2.05, 4.69) is 9.97 Å². The predicted octanol–water partition coefficient (Wildman–Crippen LogP) is 2.39. The fourth-order valence-corrected chi connectivity index (χ4v) is 1.82. The van der Waals surface area contributed by atoms with Crippen LogP contribution in [0.25, 0.3) is 0 Å². The van der Waals surface area contributed by atoms with Gasteiger partial charge in [-0.3, -0.25) is 4.79 Å². The topological polar surface area (TPSA) is 55.0 Å². The van der Waals surface area contributed by atoms with Crippen LogP contribution < -0.4 is 10.3 Å². The molecule has 7 heteroatoms. The number of aromatic nitrogens is 2. The lowest BCUT2D eigenvalue weighted by molar-refractivity contribution is -0.141. The van der Waals surface area contributed by atoms with Gasteiger partial charge in [-0.2, -0.15) is 13.2 Å². The van der Waals surface area contributed by atoms with Gasteiger partial charge in [0.1, 0.15) is 5.75 Å². The van der Waals surface area contributed by atoms with Gasteiger partial charge in [0.05, 0.1) is 19.0 Å². The van der Waals surface area contributed by atoms with E-state index in [0.717, 1.165) is 6.33 Å². The van der Waals surface area contributed by atoms with Crippen LogP contribution in [-0.4, -0.2) is 17.1 Å². The van der Waals surface area contributed by atoms with E-state index in [1.807, 2.05) is 0 Å². The SMILES string of the molecule is COc1cccc(Cc2c(C(F)(F)F)nc[nH]c2=O)c1. The molecule has 4 nitrogen and oxygen atoms in total. The fourth-order valence-electron chi connectivity index (χ4n) is 1.82. The summed E-state index contributed by atoms with van der Waals surface area (Å²) in [5.74, 6) is 0.511. The number of hydrogen-bond donors (Lipinski definition) is 1. The molecule has 0 fully saturated rings. The number of H-pyrrole nitrogens is 1. The molecule has 0 unspecified atom stereocenters. The Morgan fingerprint density at radius 1 is 1.35 bits per heavy atom. The lowest BCUT2D eigenvalue weighted by Gasteiger charge is -2.10. The second kappa shape index (κ2) is 5.36. The van der Waals surface area contributed by atoms with E-state index in [9.17, 15) is 18.0 Å². The molecule has 1 aromatic heterocycles. The molecule has 0 amide bonds. The number of alkyl halides is 3. The number of methoxy groups -OCH3 is 1. The number of aromatic amines is 1. The average Bonchev–Trinajstić information content (AvgIpc) is 2.40. The molecule has 1 aromatic carbocycles. The lowest BCUT2D eigenvalue weighted by atomic mass is 10.0. The minimum absolute atomic E-state index is 0.171. The molecule has 2 aromatic rings. The van der Waals surface area contributed by atoms with Crippen LogP contribution in [0.2, 0.25) is 0 Å². The van der Waals surface area contributed by atoms with Crippen LogP contribution in [0.5, 0.6) is 5.75 Å². The highest BCUT2D eigenvalue weighted by molar-refractivity contribution is 5.33. The highest BCUT2D eigenvalue weighted by atomic mass is 19.4. The second-order valence-corrected chi connectivity index (χ2v) is 4.08. The van der Waals surface area contributed by atoms with Gasteiger partial charge in [0.2, 0.25) is 0 Å². The number of halogens is 3. The summed E-state index contributed by atoms with van der Waals surface area (Å²) in [7, 11) is 1.46. The molecule has 0 aliphatic rings. The van der Waals surface area contributed by atoms with Crippen LogP contribution in [0.1, 0.15) is 16.8 Å². The third-order valence-electron chi connectivity index (χ3n) is 2.73. The number of benzene rings is 1. The summed E-state index contributed by atoms with van der Waals surface area (Å²) in [6.07, 6.45) is -4.09. The zero-order chi connectivity index (χ0) is 14.8. The first-order chi connectivity index (χ1) is 9.41. The summed E-state index contributed by atoms with van der Waals surface area (Å²) in [5.41, 5.74) is -1.83. The summed E-state index contributed by atoms with van der Waals surface area (Å²) in [5, 5.41) is 0. The van der Waals surface area contributed by atoms with Gasteiger partial charge in [0.25, 0.3) is 5.56 Å². The molecular formula is C13H11F3N2O2.